The highest BCUT2D eigenvalue weighted by Crippen LogP contribution is 2.45. The van der Waals surface area contributed by atoms with E-state index in [2.05, 4.69) is 60.1 Å². The monoisotopic (exact) mass is 350 g/mol. The molecule has 0 aromatic heterocycles. The quantitative estimate of drug-likeness (QED) is 0.609. The van der Waals surface area contributed by atoms with Crippen LogP contribution in [0.4, 0.5) is 4.39 Å². The first-order valence-electron chi connectivity index (χ1n) is 6.78. The van der Waals surface area contributed by atoms with Crippen LogP contribution in [0.2, 0.25) is 0 Å². The molecule has 1 atom stereocenters. The molecule has 0 fully saturated rings. The molecule has 1 aliphatic rings. The van der Waals surface area contributed by atoms with E-state index in [1.54, 1.807) is 11.8 Å². The first-order valence-corrected chi connectivity index (χ1v) is 8.56. The van der Waals surface area contributed by atoms with Crippen molar-refractivity contribution in [1.82, 2.24) is 0 Å². The number of hydrogen-bond donors (Lipinski definition) is 0. The summed E-state index contributed by atoms with van der Waals surface area (Å²) < 4.78 is 15.0. The zero-order valence-electron chi connectivity index (χ0n) is 11.5. The van der Waals surface area contributed by atoms with Crippen LogP contribution in [0.25, 0.3) is 0 Å². The van der Waals surface area contributed by atoms with Crippen LogP contribution in [0.5, 0.6) is 0 Å². The molecule has 0 amide bonds. The van der Waals surface area contributed by atoms with Crippen molar-refractivity contribution in [2.24, 2.45) is 5.92 Å². The fourth-order valence-corrected chi connectivity index (χ4v) is 4.45. The second-order valence-corrected chi connectivity index (χ2v) is 7.35. The Balaban J connectivity index is 2.25. The van der Waals surface area contributed by atoms with Gasteiger partial charge in [-0.3, -0.25) is 0 Å². The molecule has 2 aromatic carbocycles. The van der Waals surface area contributed by atoms with E-state index in [1.807, 2.05) is 6.07 Å². The van der Waals surface area contributed by atoms with Crippen molar-refractivity contribution in [3.8, 4) is 0 Å². The predicted octanol–water partition coefficient (Wildman–Crippen LogP) is 5.98. The maximum Gasteiger partial charge on any atom is 0.141 e. The van der Waals surface area contributed by atoms with Crippen LogP contribution in [0.3, 0.4) is 0 Å². The summed E-state index contributed by atoms with van der Waals surface area (Å²) in [5, 5.41) is 0. The average molecular weight is 351 g/mol. The van der Waals surface area contributed by atoms with Gasteiger partial charge in [-0.15, -0.1) is 11.8 Å². The molecule has 0 N–H and O–H groups in total. The van der Waals surface area contributed by atoms with Gasteiger partial charge in [-0.2, -0.15) is 0 Å². The molecule has 2 aromatic rings. The van der Waals surface area contributed by atoms with Gasteiger partial charge >= 0.3 is 0 Å². The van der Waals surface area contributed by atoms with Gasteiger partial charge in [-0.05, 0) is 45.1 Å². The molecule has 1 heterocycles. The second kappa shape index (κ2) is 5.53. The average Bonchev–Trinajstić information content (AvgIpc) is 2.60. The lowest BCUT2D eigenvalue weighted by atomic mass is 9.81. The predicted molar refractivity (Wildman–Crippen MR) is 86.8 cm³/mol. The first kappa shape index (κ1) is 14.2. The van der Waals surface area contributed by atoms with Crippen molar-refractivity contribution >= 4 is 27.7 Å². The van der Waals surface area contributed by atoms with Gasteiger partial charge in [0.25, 0.3) is 0 Å². The molecular weight excluding hydrogens is 335 g/mol. The van der Waals surface area contributed by atoms with Crippen LogP contribution in [0.1, 0.15) is 36.5 Å². The van der Waals surface area contributed by atoms with E-state index in [1.165, 1.54) is 10.5 Å². The molecule has 1 unspecified atom stereocenters. The molecule has 0 nitrogen and oxygen atoms in total. The fourth-order valence-electron chi connectivity index (χ4n) is 2.95. The molecule has 104 valence electrons. The number of fused-ring (bicyclic) bond motifs is 2. The van der Waals surface area contributed by atoms with Crippen LogP contribution < -0.4 is 0 Å². The van der Waals surface area contributed by atoms with Crippen molar-refractivity contribution in [2.45, 2.75) is 30.4 Å². The van der Waals surface area contributed by atoms with Gasteiger partial charge < -0.3 is 0 Å². The van der Waals surface area contributed by atoms with Gasteiger partial charge in [-0.1, -0.05) is 38.1 Å². The lowest BCUT2D eigenvalue weighted by molar-refractivity contribution is 0.546. The Morgan fingerprint density at radius 3 is 2.65 bits per heavy atom. The summed E-state index contributed by atoms with van der Waals surface area (Å²) in [4.78, 5) is 1.28. The van der Waals surface area contributed by atoms with Gasteiger partial charge in [0.15, 0.2) is 0 Å². The normalized spacial score (nSPS) is 17.6. The summed E-state index contributed by atoms with van der Waals surface area (Å²) in [6.07, 6.45) is 0. The number of hydrogen-bond acceptors (Lipinski definition) is 1. The molecule has 0 spiro atoms. The van der Waals surface area contributed by atoms with E-state index in [0.29, 0.717) is 16.1 Å². The van der Waals surface area contributed by atoms with E-state index in [-0.39, 0.29) is 11.7 Å². The van der Waals surface area contributed by atoms with Crippen LogP contribution in [0.15, 0.2) is 45.8 Å². The number of benzene rings is 2. The number of thioether (sulfide) groups is 1. The molecule has 0 saturated heterocycles. The summed E-state index contributed by atoms with van der Waals surface area (Å²) in [7, 11) is 0. The van der Waals surface area contributed by atoms with Crippen LogP contribution in [-0.2, 0) is 5.75 Å². The smallest absolute Gasteiger partial charge is 0.141 e. The SMILES string of the molecule is CC(C)C1c2ccccc2SCc2c1ccc(Br)c2F. The first-order chi connectivity index (χ1) is 9.59. The minimum absolute atomic E-state index is 0.103. The van der Waals surface area contributed by atoms with Crippen LogP contribution in [-0.4, -0.2) is 0 Å². The van der Waals surface area contributed by atoms with E-state index in [0.717, 1.165) is 11.1 Å². The maximum atomic E-state index is 14.5. The molecular formula is C17H16BrFS. The Labute approximate surface area is 131 Å². The largest absolute Gasteiger partial charge is 0.205 e. The Morgan fingerprint density at radius 2 is 1.90 bits per heavy atom. The summed E-state index contributed by atoms with van der Waals surface area (Å²) in [5.41, 5.74) is 3.31. The van der Waals surface area contributed by atoms with Gasteiger partial charge in [0, 0.05) is 22.1 Å². The van der Waals surface area contributed by atoms with Gasteiger partial charge in [0.1, 0.15) is 5.82 Å². The minimum Gasteiger partial charge on any atom is -0.205 e. The lowest BCUT2D eigenvalue weighted by Crippen LogP contribution is -2.11. The molecule has 0 bridgehead atoms. The molecule has 0 saturated carbocycles. The second-order valence-electron chi connectivity index (χ2n) is 5.48. The van der Waals surface area contributed by atoms with E-state index < -0.39 is 0 Å². The minimum atomic E-state index is -0.103. The zero-order valence-corrected chi connectivity index (χ0v) is 13.9. The van der Waals surface area contributed by atoms with Crippen molar-refractivity contribution in [3.05, 3.63) is 63.4 Å². The summed E-state index contributed by atoms with van der Waals surface area (Å²) in [6.45, 7) is 4.42. The van der Waals surface area contributed by atoms with E-state index in [9.17, 15) is 4.39 Å². The number of halogens is 2. The lowest BCUT2D eigenvalue weighted by Gasteiger charge is -2.24. The Morgan fingerprint density at radius 1 is 1.15 bits per heavy atom. The molecule has 0 radical (unpaired) electrons. The van der Waals surface area contributed by atoms with Crippen molar-refractivity contribution in [1.29, 1.82) is 0 Å². The zero-order chi connectivity index (χ0) is 14.3. The maximum absolute atomic E-state index is 14.5. The fraction of sp³-hybridized carbons (Fsp3) is 0.294. The third-order valence-corrected chi connectivity index (χ3v) is 5.59. The summed E-state index contributed by atoms with van der Waals surface area (Å²) in [5.74, 6) is 1.29. The molecule has 3 heteroatoms. The standard InChI is InChI=1S/C17H16BrFS/c1-10(2)16-11-7-8-14(18)17(19)13(11)9-20-15-6-4-3-5-12(15)16/h3-8,10,16H,9H2,1-2H3. The van der Waals surface area contributed by atoms with Crippen LogP contribution >= 0.6 is 27.7 Å². The summed E-state index contributed by atoms with van der Waals surface area (Å²) >= 11 is 5.04. The molecule has 3 rings (SSSR count). The highest BCUT2D eigenvalue weighted by atomic mass is 79.9. The van der Waals surface area contributed by atoms with Gasteiger partial charge in [0.05, 0.1) is 4.47 Å². The highest BCUT2D eigenvalue weighted by molar-refractivity contribution is 9.10. The molecule has 20 heavy (non-hydrogen) atoms. The Bertz CT molecular complexity index is 651. The van der Waals surface area contributed by atoms with E-state index >= 15 is 0 Å². The Kier molecular flexibility index (Phi) is 3.91. The third-order valence-electron chi connectivity index (χ3n) is 3.86. The van der Waals surface area contributed by atoms with Crippen molar-refractivity contribution in [3.63, 3.8) is 0 Å². The topological polar surface area (TPSA) is 0 Å². The van der Waals surface area contributed by atoms with Gasteiger partial charge in [-0.25, -0.2) is 4.39 Å². The molecule has 0 aliphatic carbocycles. The number of rotatable bonds is 1. The third kappa shape index (κ3) is 2.31. The highest BCUT2D eigenvalue weighted by Gasteiger charge is 2.28. The summed E-state index contributed by atoms with van der Waals surface area (Å²) in [6, 6.07) is 12.4. The van der Waals surface area contributed by atoms with Crippen molar-refractivity contribution < 1.29 is 4.39 Å². The van der Waals surface area contributed by atoms with Gasteiger partial charge in [0.2, 0.25) is 0 Å². The van der Waals surface area contributed by atoms with Crippen molar-refractivity contribution in [2.75, 3.05) is 0 Å². The Hall–Kier alpha value is -0.800. The van der Waals surface area contributed by atoms with Crippen LogP contribution in [0, 0.1) is 11.7 Å². The molecule has 1 aliphatic heterocycles. The van der Waals surface area contributed by atoms with E-state index in [4.69, 9.17) is 0 Å².